The number of halogens is 1. The molecule has 158 valence electrons. The first-order valence-electron chi connectivity index (χ1n) is 10.4. The highest BCUT2D eigenvalue weighted by atomic mass is 19.1. The third-order valence-corrected chi connectivity index (χ3v) is 5.70. The standard InChI is InChI=1S/C23H28FN5O/c1-23(2,24)22(30)27-21-12-18-11-16(7-8-17(18)13-25-21)19-14-26-28(3)20(19)15-29-9-5-4-6-10-29/h7-8,11-14H,4-6,9-10,15H2,1-3H3,(H,25,27,30). The first kappa shape index (κ1) is 20.5. The fourth-order valence-corrected chi connectivity index (χ4v) is 3.86. The van der Waals surface area contributed by atoms with Crippen LogP contribution in [0.1, 0.15) is 38.8 Å². The molecule has 2 aromatic heterocycles. The zero-order chi connectivity index (χ0) is 21.3. The number of nitrogens with zero attached hydrogens (tertiary/aromatic N) is 4. The molecule has 6 nitrogen and oxygen atoms in total. The number of aromatic nitrogens is 3. The average molecular weight is 410 g/mol. The van der Waals surface area contributed by atoms with Gasteiger partial charge in [-0.1, -0.05) is 18.6 Å². The molecule has 0 bridgehead atoms. The number of alkyl halides is 1. The number of hydrogen-bond acceptors (Lipinski definition) is 4. The minimum absolute atomic E-state index is 0.343. The van der Waals surface area contributed by atoms with E-state index in [0.29, 0.717) is 5.82 Å². The summed E-state index contributed by atoms with van der Waals surface area (Å²) in [6.07, 6.45) is 7.42. The van der Waals surface area contributed by atoms with Crippen LogP contribution in [0.5, 0.6) is 0 Å². The zero-order valence-corrected chi connectivity index (χ0v) is 17.8. The number of likely N-dealkylation sites (tertiary alicyclic amines) is 1. The van der Waals surface area contributed by atoms with Gasteiger partial charge in [0, 0.05) is 30.7 Å². The molecule has 1 aliphatic rings. The van der Waals surface area contributed by atoms with Gasteiger partial charge >= 0.3 is 0 Å². The van der Waals surface area contributed by atoms with Crippen LogP contribution in [0.2, 0.25) is 0 Å². The maximum atomic E-state index is 13.9. The maximum Gasteiger partial charge on any atom is 0.262 e. The number of rotatable bonds is 5. The second-order valence-corrected chi connectivity index (χ2v) is 8.52. The van der Waals surface area contributed by atoms with Gasteiger partial charge in [-0.2, -0.15) is 5.10 Å². The zero-order valence-electron chi connectivity index (χ0n) is 17.8. The highest BCUT2D eigenvalue weighted by Crippen LogP contribution is 2.29. The largest absolute Gasteiger partial charge is 0.308 e. The van der Waals surface area contributed by atoms with Gasteiger partial charge in [-0.3, -0.25) is 14.4 Å². The predicted molar refractivity (Wildman–Crippen MR) is 117 cm³/mol. The van der Waals surface area contributed by atoms with E-state index in [9.17, 15) is 9.18 Å². The molecule has 4 rings (SSSR count). The van der Waals surface area contributed by atoms with Gasteiger partial charge in [-0.25, -0.2) is 9.37 Å². The number of carbonyl (C=O) groups excluding carboxylic acids is 1. The second kappa shape index (κ2) is 8.14. The Kier molecular flexibility index (Phi) is 5.56. The highest BCUT2D eigenvalue weighted by molar-refractivity contribution is 5.98. The number of hydrogen-bond donors (Lipinski definition) is 1. The van der Waals surface area contributed by atoms with Gasteiger partial charge in [0.15, 0.2) is 5.67 Å². The van der Waals surface area contributed by atoms with Crippen molar-refractivity contribution in [1.29, 1.82) is 0 Å². The Balaban J connectivity index is 1.64. The number of fused-ring (bicyclic) bond motifs is 1. The number of carbonyl (C=O) groups is 1. The van der Waals surface area contributed by atoms with Gasteiger partial charge in [-0.05, 0) is 62.9 Å². The van der Waals surface area contributed by atoms with Crippen molar-refractivity contribution >= 4 is 22.5 Å². The van der Waals surface area contributed by atoms with E-state index in [1.54, 1.807) is 12.3 Å². The summed E-state index contributed by atoms with van der Waals surface area (Å²) in [7, 11) is 1.99. The number of piperidine rings is 1. The number of amides is 1. The SMILES string of the molecule is Cn1ncc(-c2ccc3cnc(NC(=O)C(C)(C)F)cc3c2)c1CN1CCCCC1. The van der Waals surface area contributed by atoms with Crippen molar-refractivity contribution < 1.29 is 9.18 Å². The van der Waals surface area contributed by atoms with Crippen LogP contribution in [-0.4, -0.2) is 44.3 Å². The number of benzene rings is 1. The summed E-state index contributed by atoms with van der Waals surface area (Å²) in [5.41, 5.74) is 1.41. The quantitative estimate of drug-likeness (QED) is 0.682. The molecule has 0 unspecified atom stereocenters. The second-order valence-electron chi connectivity index (χ2n) is 8.52. The number of aryl methyl sites for hydroxylation is 1. The van der Waals surface area contributed by atoms with Crippen LogP contribution in [0.15, 0.2) is 36.7 Å². The van der Waals surface area contributed by atoms with Crippen molar-refractivity contribution in [3.63, 3.8) is 0 Å². The van der Waals surface area contributed by atoms with Crippen molar-refractivity contribution in [3.8, 4) is 11.1 Å². The highest BCUT2D eigenvalue weighted by Gasteiger charge is 2.26. The van der Waals surface area contributed by atoms with Crippen molar-refractivity contribution in [1.82, 2.24) is 19.7 Å². The topological polar surface area (TPSA) is 63.1 Å². The lowest BCUT2D eigenvalue weighted by molar-refractivity contribution is -0.125. The van der Waals surface area contributed by atoms with Gasteiger partial charge in [-0.15, -0.1) is 0 Å². The Morgan fingerprint density at radius 3 is 2.63 bits per heavy atom. The predicted octanol–water partition coefficient (Wildman–Crippen LogP) is 4.31. The van der Waals surface area contributed by atoms with Crippen molar-refractivity contribution in [2.45, 2.75) is 45.3 Å². The van der Waals surface area contributed by atoms with Crippen molar-refractivity contribution in [2.24, 2.45) is 7.05 Å². The Labute approximate surface area is 176 Å². The normalized spacial score (nSPS) is 15.5. The molecule has 1 N–H and O–H groups in total. The summed E-state index contributed by atoms with van der Waals surface area (Å²) in [6, 6.07) is 7.94. The van der Waals surface area contributed by atoms with Crippen molar-refractivity contribution in [3.05, 3.63) is 42.4 Å². The lowest BCUT2D eigenvalue weighted by Crippen LogP contribution is -2.32. The van der Waals surface area contributed by atoms with E-state index in [1.807, 2.05) is 24.0 Å². The van der Waals surface area contributed by atoms with E-state index in [4.69, 9.17) is 0 Å². The molecule has 0 radical (unpaired) electrons. The van der Waals surface area contributed by atoms with E-state index in [0.717, 1.165) is 41.5 Å². The molecule has 1 aromatic carbocycles. The van der Waals surface area contributed by atoms with Crippen LogP contribution in [-0.2, 0) is 18.4 Å². The molecule has 30 heavy (non-hydrogen) atoms. The van der Waals surface area contributed by atoms with E-state index in [-0.39, 0.29) is 0 Å². The molecular weight excluding hydrogens is 381 g/mol. The van der Waals surface area contributed by atoms with Crippen LogP contribution in [0, 0.1) is 0 Å². The van der Waals surface area contributed by atoms with Gasteiger partial charge in [0.2, 0.25) is 0 Å². The molecule has 1 fully saturated rings. The molecule has 0 saturated carbocycles. The van der Waals surface area contributed by atoms with Gasteiger partial charge in [0.25, 0.3) is 5.91 Å². The lowest BCUT2D eigenvalue weighted by Gasteiger charge is -2.26. The fourth-order valence-electron chi connectivity index (χ4n) is 3.86. The lowest BCUT2D eigenvalue weighted by atomic mass is 10.0. The molecule has 0 spiro atoms. The van der Waals surface area contributed by atoms with E-state index < -0.39 is 11.6 Å². The van der Waals surface area contributed by atoms with Crippen LogP contribution in [0.3, 0.4) is 0 Å². The number of nitrogens with one attached hydrogen (secondary N) is 1. The smallest absolute Gasteiger partial charge is 0.262 e. The third-order valence-electron chi connectivity index (χ3n) is 5.70. The number of anilines is 1. The monoisotopic (exact) mass is 409 g/mol. The van der Waals surface area contributed by atoms with Crippen LogP contribution >= 0.6 is 0 Å². The summed E-state index contributed by atoms with van der Waals surface area (Å²) >= 11 is 0. The Bertz CT molecular complexity index is 1060. The first-order valence-corrected chi connectivity index (χ1v) is 10.4. The fraction of sp³-hybridized carbons (Fsp3) is 0.435. The molecular formula is C23H28FN5O. The van der Waals surface area contributed by atoms with Crippen molar-refractivity contribution in [2.75, 3.05) is 18.4 Å². The molecule has 0 atom stereocenters. The van der Waals surface area contributed by atoms with E-state index >= 15 is 0 Å². The molecule has 7 heteroatoms. The average Bonchev–Trinajstić information content (AvgIpc) is 3.08. The minimum atomic E-state index is -1.96. The maximum absolute atomic E-state index is 13.9. The summed E-state index contributed by atoms with van der Waals surface area (Å²) in [5.74, 6) is -0.364. The molecule has 0 aliphatic carbocycles. The third kappa shape index (κ3) is 4.36. The Morgan fingerprint density at radius 1 is 1.13 bits per heavy atom. The van der Waals surface area contributed by atoms with Crippen LogP contribution in [0.25, 0.3) is 21.9 Å². The summed E-state index contributed by atoms with van der Waals surface area (Å²) in [6.45, 7) is 5.60. The molecule has 3 heterocycles. The molecule has 1 amide bonds. The Morgan fingerprint density at radius 2 is 1.90 bits per heavy atom. The minimum Gasteiger partial charge on any atom is -0.308 e. The van der Waals surface area contributed by atoms with Gasteiger partial charge in [0.1, 0.15) is 5.82 Å². The summed E-state index contributed by atoms with van der Waals surface area (Å²) in [5, 5.41) is 8.95. The molecule has 1 saturated heterocycles. The number of pyridine rings is 1. The summed E-state index contributed by atoms with van der Waals surface area (Å²) in [4.78, 5) is 18.7. The van der Waals surface area contributed by atoms with Crippen LogP contribution in [0.4, 0.5) is 10.2 Å². The van der Waals surface area contributed by atoms with Crippen LogP contribution < -0.4 is 5.32 Å². The molecule has 1 aliphatic heterocycles. The van der Waals surface area contributed by atoms with Gasteiger partial charge < -0.3 is 5.32 Å². The van der Waals surface area contributed by atoms with Gasteiger partial charge in [0.05, 0.1) is 11.9 Å². The Hall–Kier alpha value is -2.80. The van der Waals surface area contributed by atoms with E-state index in [2.05, 4.69) is 32.4 Å². The summed E-state index contributed by atoms with van der Waals surface area (Å²) < 4.78 is 15.8. The first-order chi connectivity index (χ1) is 14.3. The van der Waals surface area contributed by atoms with E-state index in [1.165, 1.54) is 38.8 Å². The molecule has 3 aromatic rings.